The first kappa shape index (κ1) is 20.5. The molecule has 0 bridgehead atoms. The molecule has 2 aromatic carbocycles. The van der Waals surface area contributed by atoms with Crippen LogP contribution >= 0.6 is 22.6 Å². The van der Waals surface area contributed by atoms with Gasteiger partial charge in [-0.25, -0.2) is 0 Å². The minimum atomic E-state index is -1.59. The number of rotatable bonds is 10. The van der Waals surface area contributed by atoms with Crippen LogP contribution in [0, 0.1) is 0 Å². The third kappa shape index (κ3) is 5.83. The summed E-state index contributed by atoms with van der Waals surface area (Å²) in [6, 6.07) is 22.3. The Bertz CT molecular complexity index is 603. The Balaban J connectivity index is 2.01. The highest BCUT2D eigenvalue weighted by Crippen LogP contribution is 2.31. The van der Waals surface area contributed by atoms with Gasteiger partial charge in [-0.05, 0) is 41.4 Å². The van der Waals surface area contributed by atoms with Gasteiger partial charge in [-0.2, -0.15) is 0 Å². The van der Waals surface area contributed by atoms with Gasteiger partial charge in [-0.1, -0.05) is 85.8 Å². The van der Waals surface area contributed by atoms with Crippen molar-refractivity contribution >= 4 is 30.9 Å². The molecule has 136 valence electrons. The molecular weight excluding hydrogens is 439 g/mol. The maximum Gasteiger partial charge on any atom is 0.192 e. The molecule has 0 radical (unpaired) electrons. The van der Waals surface area contributed by atoms with Crippen molar-refractivity contribution in [2.45, 2.75) is 51.6 Å². The van der Waals surface area contributed by atoms with Gasteiger partial charge in [-0.15, -0.1) is 0 Å². The molecule has 0 spiro atoms. The van der Waals surface area contributed by atoms with Crippen LogP contribution in [-0.4, -0.2) is 12.7 Å². The van der Waals surface area contributed by atoms with Crippen molar-refractivity contribution in [3.05, 3.63) is 65.7 Å². The van der Waals surface area contributed by atoms with E-state index in [1.165, 1.54) is 29.3 Å². The van der Waals surface area contributed by atoms with E-state index in [9.17, 15) is 0 Å². The Morgan fingerprint density at radius 1 is 0.880 bits per heavy atom. The van der Waals surface area contributed by atoms with E-state index in [-0.39, 0.29) is 6.10 Å². The number of benzene rings is 2. The zero-order chi connectivity index (χ0) is 18.1. The van der Waals surface area contributed by atoms with Gasteiger partial charge in [0.25, 0.3) is 0 Å². The second-order valence-electron chi connectivity index (χ2n) is 6.35. The summed E-state index contributed by atoms with van der Waals surface area (Å²) in [6.45, 7) is 7.45. The van der Waals surface area contributed by atoms with Crippen molar-refractivity contribution in [1.29, 1.82) is 0 Å². The fourth-order valence-electron chi connectivity index (χ4n) is 3.01. The van der Waals surface area contributed by atoms with Crippen LogP contribution in [0.5, 0.6) is 5.75 Å². The normalized spacial score (nSPS) is 12.8. The highest BCUT2D eigenvalue weighted by Gasteiger charge is 2.32. The number of hydrogen-bond acceptors (Lipinski definition) is 2. The SMILES string of the molecule is CC[Si](CC)(CC)O[C@@H](CI)c1ccc(OCc2ccccc2)cc1. The number of ether oxygens (including phenoxy) is 1. The average Bonchev–Trinajstić information content (AvgIpc) is 2.69. The molecule has 2 nitrogen and oxygen atoms in total. The van der Waals surface area contributed by atoms with E-state index in [1.54, 1.807) is 0 Å². The molecule has 0 amide bonds. The van der Waals surface area contributed by atoms with Gasteiger partial charge in [-0.3, -0.25) is 0 Å². The van der Waals surface area contributed by atoms with E-state index in [0.29, 0.717) is 6.61 Å². The third-order valence-corrected chi connectivity index (χ3v) is 10.4. The molecule has 0 aliphatic rings. The molecular formula is C21H29IO2Si. The zero-order valence-corrected chi connectivity index (χ0v) is 18.7. The Labute approximate surface area is 167 Å². The summed E-state index contributed by atoms with van der Waals surface area (Å²) in [5, 5.41) is 0. The lowest BCUT2D eigenvalue weighted by Gasteiger charge is -2.33. The third-order valence-electron chi connectivity index (χ3n) is 4.97. The van der Waals surface area contributed by atoms with E-state index < -0.39 is 8.32 Å². The monoisotopic (exact) mass is 468 g/mol. The van der Waals surface area contributed by atoms with Crippen LogP contribution in [0.2, 0.25) is 18.1 Å². The fourth-order valence-corrected chi connectivity index (χ4v) is 6.86. The molecule has 0 aliphatic heterocycles. The standard InChI is InChI=1S/C21H29IO2Si/c1-4-25(5-2,6-3)24-21(16-22)19-12-14-20(15-13-19)23-17-18-10-8-7-9-11-18/h7-15,21H,4-6,16-17H2,1-3H3/t21-/m0/s1. The van der Waals surface area contributed by atoms with E-state index in [2.05, 4.69) is 79.8 Å². The fraction of sp³-hybridized carbons (Fsp3) is 0.429. The molecule has 0 N–H and O–H groups in total. The Morgan fingerprint density at radius 3 is 2.00 bits per heavy atom. The topological polar surface area (TPSA) is 18.5 Å². The van der Waals surface area contributed by atoms with Crippen LogP contribution in [0.25, 0.3) is 0 Å². The molecule has 2 aromatic rings. The zero-order valence-electron chi connectivity index (χ0n) is 15.5. The van der Waals surface area contributed by atoms with Gasteiger partial charge in [0.05, 0.1) is 6.10 Å². The second kappa shape index (κ2) is 10.3. The molecule has 0 unspecified atom stereocenters. The predicted molar refractivity (Wildman–Crippen MR) is 117 cm³/mol. The molecule has 1 atom stereocenters. The number of alkyl halides is 1. The minimum absolute atomic E-state index is 0.190. The molecule has 0 saturated carbocycles. The Morgan fingerprint density at radius 2 is 1.48 bits per heavy atom. The van der Waals surface area contributed by atoms with Crippen LogP contribution in [0.4, 0.5) is 0 Å². The first-order valence-corrected chi connectivity index (χ1v) is 13.2. The Kier molecular flexibility index (Phi) is 8.46. The van der Waals surface area contributed by atoms with Crippen molar-refractivity contribution in [2.75, 3.05) is 4.43 Å². The molecule has 2 rings (SSSR count). The van der Waals surface area contributed by atoms with E-state index >= 15 is 0 Å². The average molecular weight is 468 g/mol. The molecule has 25 heavy (non-hydrogen) atoms. The molecule has 0 fully saturated rings. The van der Waals surface area contributed by atoms with Crippen molar-refractivity contribution in [1.82, 2.24) is 0 Å². The maximum absolute atomic E-state index is 6.68. The van der Waals surface area contributed by atoms with Crippen LogP contribution < -0.4 is 4.74 Å². The van der Waals surface area contributed by atoms with Crippen molar-refractivity contribution < 1.29 is 9.16 Å². The molecule has 0 saturated heterocycles. The van der Waals surface area contributed by atoms with E-state index in [1.807, 2.05) is 18.2 Å². The number of hydrogen-bond donors (Lipinski definition) is 0. The van der Waals surface area contributed by atoms with Crippen LogP contribution in [-0.2, 0) is 11.0 Å². The van der Waals surface area contributed by atoms with Gasteiger partial charge in [0.2, 0.25) is 0 Å². The summed E-state index contributed by atoms with van der Waals surface area (Å²) >= 11 is 2.44. The highest BCUT2D eigenvalue weighted by molar-refractivity contribution is 14.1. The number of halogens is 1. The van der Waals surface area contributed by atoms with Crippen molar-refractivity contribution in [3.63, 3.8) is 0 Å². The smallest absolute Gasteiger partial charge is 0.192 e. The highest BCUT2D eigenvalue weighted by atomic mass is 127. The summed E-state index contributed by atoms with van der Waals surface area (Å²) in [7, 11) is -1.59. The second-order valence-corrected chi connectivity index (χ2v) is 12.0. The lowest BCUT2D eigenvalue weighted by atomic mass is 10.1. The predicted octanol–water partition coefficient (Wildman–Crippen LogP) is 6.76. The van der Waals surface area contributed by atoms with Crippen LogP contribution in [0.15, 0.2) is 54.6 Å². The van der Waals surface area contributed by atoms with Gasteiger partial charge in [0.1, 0.15) is 12.4 Å². The van der Waals surface area contributed by atoms with Crippen LogP contribution in [0.1, 0.15) is 38.0 Å². The van der Waals surface area contributed by atoms with Gasteiger partial charge < -0.3 is 9.16 Å². The summed E-state index contributed by atoms with van der Waals surface area (Å²) in [5.41, 5.74) is 2.44. The quantitative estimate of drug-likeness (QED) is 0.218. The first-order valence-electron chi connectivity index (χ1n) is 9.16. The van der Waals surface area contributed by atoms with Crippen molar-refractivity contribution in [2.24, 2.45) is 0 Å². The summed E-state index contributed by atoms with van der Waals surface area (Å²) < 4.78 is 13.6. The lowest BCUT2D eigenvalue weighted by Crippen LogP contribution is -2.37. The van der Waals surface area contributed by atoms with E-state index in [0.717, 1.165) is 10.2 Å². The van der Waals surface area contributed by atoms with Crippen LogP contribution in [0.3, 0.4) is 0 Å². The minimum Gasteiger partial charge on any atom is -0.489 e. The van der Waals surface area contributed by atoms with E-state index in [4.69, 9.17) is 9.16 Å². The van der Waals surface area contributed by atoms with Gasteiger partial charge in [0, 0.05) is 4.43 Å². The first-order chi connectivity index (χ1) is 12.2. The molecule has 0 heterocycles. The van der Waals surface area contributed by atoms with Gasteiger partial charge in [0.15, 0.2) is 8.32 Å². The summed E-state index contributed by atoms with van der Waals surface area (Å²) in [4.78, 5) is 0. The summed E-state index contributed by atoms with van der Waals surface area (Å²) in [5.74, 6) is 0.907. The molecule has 0 aliphatic carbocycles. The van der Waals surface area contributed by atoms with Crippen molar-refractivity contribution in [3.8, 4) is 5.75 Å². The maximum atomic E-state index is 6.68. The summed E-state index contributed by atoms with van der Waals surface area (Å²) in [6.07, 6.45) is 0.190. The molecule has 0 aromatic heterocycles. The van der Waals surface area contributed by atoms with Gasteiger partial charge >= 0.3 is 0 Å². The molecule has 4 heteroatoms. The lowest BCUT2D eigenvalue weighted by molar-refractivity contribution is 0.217. The Hall–Kier alpha value is -0.853. The largest absolute Gasteiger partial charge is 0.489 e.